The van der Waals surface area contributed by atoms with Crippen LogP contribution in [0.1, 0.15) is 13.3 Å². The van der Waals surface area contributed by atoms with Crippen molar-refractivity contribution in [3.05, 3.63) is 23.8 Å². The second kappa shape index (κ2) is 5.78. The van der Waals surface area contributed by atoms with Crippen molar-refractivity contribution < 1.29 is 9.53 Å². The Kier molecular flexibility index (Phi) is 5.42. The molecule has 0 aliphatic heterocycles. The standard InChI is InChI=1S/C9H13NO2.ClH/c1-2-12-9(11)7-4-3-5-8(10)6-7;/h3-4,6,8H,2,5,10H2,1H3;1H. The van der Waals surface area contributed by atoms with E-state index >= 15 is 0 Å². The molecule has 0 amide bonds. The molecule has 0 radical (unpaired) electrons. The van der Waals surface area contributed by atoms with Gasteiger partial charge in [-0.3, -0.25) is 0 Å². The predicted octanol–water partition coefficient (Wildman–Crippen LogP) is 1.18. The van der Waals surface area contributed by atoms with Gasteiger partial charge in [-0.1, -0.05) is 18.2 Å². The topological polar surface area (TPSA) is 52.3 Å². The Morgan fingerprint density at radius 1 is 1.77 bits per heavy atom. The molecule has 1 aliphatic rings. The lowest BCUT2D eigenvalue weighted by Gasteiger charge is -2.10. The number of hydrogen-bond donors (Lipinski definition) is 1. The Hall–Kier alpha value is -0.800. The quantitative estimate of drug-likeness (QED) is 0.686. The van der Waals surface area contributed by atoms with Gasteiger partial charge < -0.3 is 10.5 Å². The normalized spacial score (nSPS) is 20.2. The molecule has 0 spiro atoms. The molecular weight excluding hydrogens is 190 g/mol. The summed E-state index contributed by atoms with van der Waals surface area (Å²) in [5.41, 5.74) is 6.19. The predicted molar refractivity (Wildman–Crippen MR) is 53.7 cm³/mol. The molecule has 0 aromatic heterocycles. The highest BCUT2D eigenvalue weighted by Crippen LogP contribution is 2.10. The Labute approximate surface area is 84.0 Å². The van der Waals surface area contributed by atoms with Crippen molar-refractivity contribution in [3.8, 4) is 0 Å². The Balaban J connectivity index is 0.00000144. The van der Waals surface area contributed by atoms with E-state index in [1.807, 2.05) is 6.08 Å². The van der Waals surface area contributed by atoms with E-state index in [-0.39, 0.29) is 24.4 Å². The summed E-state index contributed by atoms with van der Waals surface area (Å²) < 4.78 is 4.82. The molecule has 74 valence electrons. The summed E-state index contributed by atoms with van der Waals surface area (Å²) in [5.74, 6) is -0.288. The van der Waals surface area contributed by atoms with E-state index in [0.29, 0.717) is 12.2 Å². The highest BCUT2D eigenvalue weighted by atomic mass is 35.5. The third-order valence-corrected chi connectivity index (χ3v) is 1.61. The van der Waals surface area contributed by atoms with E-state index in [0.717, 1.165) is 6.42 Å². The molecule has 1 unspecified atom stereocenters. The van der Waals surface area contributed by atoms with Gasteiger partial charge in [0, 0.05) is 6.04 Å². The first-order chi connectivity index (χ1) is 5.74. The van der Waals surface area contributed by atoms with Gasteiger partial charge in [-0.2, -0.15) is 0 Å². The van der Waals surface area contributed by atoms with Crippen molar-refractivity contribution in [3.63, 3.8) is 0 Å². The van der Waals surface area contributed by atoms with Crippen LogP contribution in [0.5, 0.6) is 0 Å². The third kappa shape index (κ3) is 3.61. The van der Waals surface area contributed by atoms with Crippen molar-refractivity contribution in [1.82, 2.24) is 0 Å². The molecule has 0 fully saturated rings. The molecule has 0 saturated carbocycles. The molecule has 4 heteroatoms. The second-order valence-electron chi connectivity index (χ2n) is 2.64. The minimum Gasteiger partial charge on any atom is -0.462 e. The maximum Gasteiger partial charge on any atom is 0.337 e. The van der Waals surface area contributed by atoms with Gasteiger partial charge in [-0.05, 0) is 13.3 Å². The molecule has 0 aromatic carbocycles. The summed E-state index contributed by atoms with van der Waals surface area (Å²) in [5, 5.41) is 0. The van der Waals surface area contributed by atoms with E-state index in [4.69, 9.17) is 10.5 Å². The molecule has 0 aromatic rings. The minimum absolute atomic E-state index is 0. The first kappa shape index (κ1) is 12.2. The number of halogens is 1. The zero-order chi connectivity index (χ0) is 8.97. The number of rotatable bonds is 2. The molecule has 13 heavy (non-hydrogen) atoms. The van der Waals surface area contributed by atoms with E-state index in [1.165, 1.54) is 0 Å². The van der Waals surface area contributed by atoms with Crippen molar-refractivity contribution in [2.75, 3.05) is 6.61 Å². The summed E-state index contributed by atoms with van der Waals surface area (Å²) in [6, 6.07) is -0.0468. The average Bonchev–Trinajstić information content (AvgIpc) is 2.05. The average molecular weight is 204 g/mol. The summed E-state index contributed by atoms with van der Waals surface area (Å²) >= 11 is 0. The van der Waals surface area contributed by atoms with E-state index in [9.17, 15) is 4.79 Å². The summed E-state index contributed by atoms with van der Waals surface area (Å²) in [6.45, 7) is 2.18. The number of ether oxygens (including phenoxy) is 1. The molecular formula is C9H14ClNO2. The van der Waals surface area contributed by atoms with Crippen LogP contribution in [0.4, 0.5) is 0 Å². The number of carbonyl (C=O) groups is 1. The fourth-order valence-corrected chi connectivity index (χ4v) is 1.06. The lowest BCUT2D eigenvalue weighted by molar-refractivity contribution is -0.138. The molecule has 2 N–H and O–H groups in total. The maximum absolute atomic E-state index is 11.1. The number of hydrogen-bond acceptors (Lipinski definition) is 3. The van der Waals surface area contributed by atoms with Crippen LogP contribution in [0.25, 0.3) is 0 Å². The van der Waals surface area contributed by atoms with Gasteiger partial charge in [-0.25, -0.2) is 4.79 Å². The largest absolute Gasteiger partial charge is 0.462 e. The van der Waals surface area contributed by atoms with Gasteiger partial charge in [-0.15, -0.1) is 12.4 Å². The van der Waals surface area contributed by atoms with Crippen molar-refractivity contribution in [2.45, 2.75) is 19.4 Å². The molecule has 0 bridgehead atoms. The van der Waals surface area contributed by atoms with Crippen LogP contribution in [0.3, 0.4) is 0 Å². The first-order valence-corrected chi connectivity index (χ1v) is 4.05. The van der Waals surface area contributed by atoms with Crippen molar-refractivity contribution in [2.24, 2.45) is 5.73 Å². The smallest absolute Gasteiger partial charge is 0.337 e. The highest BCUT2D eigenvalue weighted by Gasteiger charge is 2.11. The molecule has 1 rings (SSSR count). The zero-order valence-electron chi connectivity index (χ0n) is 7.53. The SMILES string of the molecule is CCOC(=O)C1=CC(N)CC=C1.Cl. The van der Waals surface area contributed by atoms with Gasteiger partial charge >= 0.3 is 5.97 Å². The number of carbonyl (C=O) groups excluding carboxylic acids is 1. The van der Waals surface area contributed by atoms with E-state index in [2.05, 4.69) is 0 Å². The lowest BCUT2D eigenvalue weighted by Crippen LogP contribution is -2.20. The summed E-state index contributed by atoms with van der Waals surface area (Å²) in [7, 11) is 0. The van der Waals surface area contributed by atoms with E-state index < -0.39 is 0 Å². The van der Waals surface area contributed by atoms with Crippen LogP contribution in [0.15, 0.2) is 23.8 Å². The van der Waals surface area contributed by atoms with Gasteiger partial charge in [0.1, 0.15) is 0 Å². The van der Waals surface area contributed by atoms with Crippen LogP contribution >= 0.6 is 12.4 Å². The summed E-state index contributed by atoms with van der Waals surface area (Å²) in [4.78, 5) is 11.1. The van der Waals surface area contributed by atoms with Gasteiger partial charge in [0.15, 0.2) is 0 Å². The van der Waals surface area contributed by atoms with Gasteiger partial charge in [0.05, 0.1) is 12.2 Å². The highest BCUT2D eigenvalue weighted by molar-refractivity contribution is 5.91. The Bertz CT molecular complexity index is 236. The Morgan fingerprint density at radius 3 is 3.00 bits per heavy atom. The van der Waals surface area contributed by atoms with Gasteiger partial charge in [0.25, 0.3) is 0 Å². The molecule has 3 nitrogen and oxygen atoms in total. The van der Waals surface area contributed by atoms with E-state index in [1.54, 1.807) is 19.1 Å². The van der Waals surface area contributed by atoms with Crippen LogP contribution in [-0.4, -0.2) is 18.6 Å². The van der Waals surface area contributed by atoms with Crippen LogP contribution in [0, 0.1) is 0 Å². The second-order valence-corrected chi connectivity index (χ2v) is 2.64. The van der Waals surface area contributed by atoms with Crippen LogP contribution in [0.2, 0.25) is 0 Å². The van der Waals surface area contributed by atoms with Crippen molar-refractivity contribution in [1.29, 1.82) is 0 Å². The number of esters is 1. The van der Waals surface area contributed by atoms with Crippen LogP contribution in [-0.2, 0) is 9.53 Å². The van der Waals surface area contributed by atoms with Crippen molar-refractivity contribution >= 4 is 18.4 Å². The first-order valence-electron chi connectivity index (χ1n) is 4.05. The van der Waals surface area contributed by atoms with Gasteiger partial charge in [0.2, 0.25) is 0 Å². The fourth-order valence-electron chi connectivity index (χ4n) is 1.06. The molecule has 0 saturated heterocycles. The molecule has 1 atom stereocenters. The van der Waals surface area contributed by atoms with Crippen LogP contribution < -0.4 is 5.73 Å². The molecule has 1 aliphatic carbocycles. The Morgan fingerprint density at radius 2 is 2.46 bits per heavy atom. The fraction of sp³-hybridized carbons (Fsp3) is 0.444. The maximum atomic E-state index is 11.1. The zero-order valence-corrected chi connectivity index (χ0v) is 8.34. The lowest BCUT2D eigenvalue weighted by atomic mass is 10.0. The third-order valence-electron chi connectivity index (χ3n) is 1.61. The monoisotopic (exact) mass is 203 g/mol. The molecule has 0 heterocycles. The number of nitrogens with two attached hydrogens (primary N) is 1. The summed E-state index contributed by atoms with van der Waals surface area (Å²) in [6.07, 6.45) is 6.17. The minimum atomic E-state index is -0.288.